The van der Waals surface area contributed by atoms with Gasteiger partial charge in [0, 0.05) is 30.4 Å². The third-order valence-electron chi connectivity index (χ3n) is 6.58. The minimum atomic E-state index is -1.16. The number of amides is 1. The SMILES string of the molecule is CCOC(=O)C1(NC(=O)c2ccc(C(C)O)c(OCCc3cccc(C)c3)c2)Cc2ccccc2C1. The normalized spacial score (nSPS) is 14.6. The van der Waals surface area contributed by atoms with E-state index in [0.29, 0.717) is 42.7 Å². The molecule has 3 aromatic carbocycles. The van der Waals surface area contributed by atoms with Gasteiger partial charge in [-0.1, -0.05) is 60.2 Å². The van der Waals surface area contributed by atoms with E-state index in [9.17, 15) is 14.7 Å². The van der Waals surface area contributed by atoms with Crippen molar-refractivity contribution in [3.05, 3.63) is 100 Å². The van der Waals surface area contributed by atoms with Crippen LogP contribution in [0.4, 0.5) is 0 Å². The smallest absolute Gasteiger partial charge is 0.332 e. The Morgan fingerprint density at radius 1 is 1.03 bits per heavy atom. The van der Waals surface area contributed by atoms with Crippen molar-refractivity contribution in [3.8, 4) is 5.75 Å². The minimum Gasteiger partial charge on any atom is -0.493 e. The summed E-state index contributed by atoms with van der Waals surface area (Å²) in [5.41, 5.74) is 4.17. The van der Waals surface area contributed by atoms with Crippen molar-refractivity contribution in [3.63, 3.8) is 0 Å². The van der Waals surface area contributed by atoms with E-state index < -0.39 is 23.5 Å². The minimum absolute atomic E-state index is 0.231. The lowest BCUT2D eigenvalue weighted by Gasteiger charge is -2.28. The van der Waals surface area contributed by atoms with Gasteiger partial charge in [0.1, 0.15) is 11.3 Å². The molecule has 36 heavy (non-hydrogen) atoms. The standard InChI is InChI=1S/C30H33NO5/c1-4-35-29(34)30(18-24-10-5-6-11-25(24)19-30)31-28(33)23-12-13-26(21(3)32)27(17-23)36-15-14-22-9-7-8-20(2)16-22/h5-13,16-17,21,32H,4,14-15,18-19H2,1-3H3,(H,31,33). The van der Waals surface area contributed by atoms with Crippen LogP contribution < -0.4 is 10.1 Å². The van der Waals surface area contributed by atoms with Crippen molar-refractivity contribution in [2.24, 2.45) is 0 Å². The average molecular weight is 488 g/mol. The summed E-state index contributed by atoms with van der Waals surface area (Å²) < 4.78 is 11.4. The monoisotopic (exact) mass is 487 g/mol. The molecule has 1 atom stereocenters. The molecule has 0 saturated heterocycles. The molecule has 3 aromatic rings. The summed E-state index contributed by atoms with van der Waals surface area (Å²) in [5, 5.41) is 13.2. The number of carbonyl (C=O) groups is 2. The van der Waals surface area contributed by atoms with E-state index in [2.05, 4.69) is 11.4 Å². The molecule has 0 fully saturated rings. The van der Waals surface area contributed by atoms with Gasteiger partial charge in [-0.25, -0.2) is 4.79 Å². The van der Waals surface area contributed by atoms with Crippen molar-refractivity contribution in [1.82, 2.24) is 5.32 Å². The zero-order valence-corrected chi connectivity index (χ0v) is 21.0. The molecule has 1 aliphatic carbocycles. The van der Waals surface area contributed by atoms with Crippen LogP contribution in [0.2, 0.25) is 0 Å². The third kappa shape index (κ3) is 5.60. The molecule has 0 aromatic heterocycles. The molecule has 6 nitrogen and oxygen atoms in total. The first-order valence-electron chi connectivity index (χ1n) is 12.4. The van der Waals surface area contributed by atoms with Gasteiger partial charge in [0.05, 0.1) is 19.3 Å². The van der Waals surface area contributed by atoms with Crippen LogP contribution >= 0.6 is 0 Å². The molecule has 0 bridgehead atoms. The Kier molecular flexibility index (Phi) is 7.75. The third-order valence-corrected chi connectivity index (χ3v) is 6.58. The highest BCUT2D eigenvalue weighted by Gasteiger charge is 2.46. The van der Waals surface area contributed by atoms with Crippen LogP contribution in [0.15, 0.2) is 66.7 Å². The molecule has 0 aliphatic heterocycles. The largest absolute Gasteiger partial charge is 0.493 e. The van der Waals surface area contributed by atoms with Crippen molar-refractivity contribution in [2.75, 3.05) is 13.2 Å². The summed E-state index contributed by atoms with van der Waals surface area (Å²) in [6.45, 7) is 6.09. The summed E-state index contributed by atoms with van der Waals surface area (Å²) in [5.74, 6) is -0.383. The summed E-state index contributed by atoms with van der Waals surface area (Å²) in [7, 11) is 0. The van der Waals surface area contributed by atoms with Gasteiger partial charge >= 0.3 is 5.97 Å². The van der Waals surface area contributed by atoms with Crippen molar-refractivity contribution in [1.29, 1.82) is 0 Å². The number of esters is 1. The van der Waals surface area contributed by atoms with Gasteiger partial charge in [-0.3, -0.25) is 4.79 Å². The summed E-state index contributed by atoms with van der Waals surface area (Å²) in [6.07, 6.45) is 0.687. The van der Waals surface area contributed by atoms with Crippen LogP contribution in [0, 0.1) is 6.92 Å². The topological polar surface area (TPSA) is 84.9 Å². The molecule has 0 saturated carbocycles. The van der Waals surface area contributed by atoms with Crippen molar-refractivity contribution in [2.45, 2.75) is 51.7 Å². The number of aryl methyl sites for hydroxylation is 1. The Morgan fingerprint density at radius 2 is 1.75 bits per heavy atom. The Balaban J connectivity index is 1.54. The Hall–Kier alpha value is -3.64. The molecule has 0 spiro atoms. The first-order valence-corrected chi connectivity index (χ1v) is 12.4. The van der Waals surface area contributed by atoms with Crippen molar-refractivity contribution < 1.29 is 24.2 Å². The van der Waals surface area contributed by atoms with Gasteiger partial charge in [-0.2, -0.15) is 0 Å². The van der Waals surface area contributed by atoms with Crippen LogP contribution in [0.25, 0.3) is 0 Å². The number of fused-ring (bicyclic) bond motifs is 1. The number of aliphatic hydroxyl groups is 1. The Labute approximate surface area is 212 Å². The first-order chi connectivity index (χ1) is 17.3. The highest BCUT2D eigenvalue weighted by Crippen LogP contribution is 2.32. The molecule has 0 heterocycles. The Bertz CT molecular complexity index is 1220. The Morgan fingerprint density at radius 3 is 2.39 bits per heavy atom. The van der Waals surface area contributed by atoms with Gasteiger partial charge in [-0.15, -0.1) is 0 Å². The molecule has 1 unspecified atom stereocenters. The molecule has 6 heteroatoms. The highest BCUT2D eigenvalue weighted by molar-refractivity contribution is 5.99. The van der Waals surface area contributed by atoms with Crippen LogP contribution in [-0.2, 0) is 28.8 Å². The predicted octanol–water partition coefficient (Wildman–Crippen LogP) is 4.50. The van der Waals surface area contributed by atoms with E-state index >= 15 is 0 Å². The summed E-state index contributed by atoms with van der Waals surface area (Å²) >= 11 is 0. The maximum Gasteiger partial charge on any atom is 0.332 e. The second kappa shape index (κ2) is 11.0. The number of nitrogens with one attached hydrogen (secondary N) is 1. The number of rotatable bonds is 9. The number of ether oxygens (including phenoxy) is 2. The van der Waals surface area contributed by atoms with E-state index in [4.69, 9.17) is 9.47 Å². The lowest BCUT2D eigenvalue weighted by Crippen LogP contribution is -2.56. The van der Waals surface area contributed by atoms with E-state index in [1.165, 1.54) is 5.56 Å². The summed E-state index contributed by atoms with van der Waals surface area (Å²) in [4.78, 5) is 26.4. The van der Waals surface area contributed by atoms with E-state index in [1.807, 2.05) is 49.4 Å². The van der Waals surface area contributed by atoms with Crippen LogP contribution in [0.3, 0.4) is 0 Å². The van der Waals surface area contributed by atoms with Crippen LogP contribution in [0.1, 0.15) is 58.1 Å². The maximum atomic E-state index is 13.4. The first kappa shape index (κ1) is 25.5. The predicted molar refractivity (Wildman–Crippen MR) is 138 cm³/mol. The number of benzene rings is 3. The van der Waals surface area contributed by atoms with E-state index in [-0.39, 0.29) is 6.61 Å². The fourth-order valence-corrected chi connectivity index (χ4v) is 4.75. The molecule has 188 valence electrons. The molecule has 2 N–H and O–H groups in total. The van der Waals surface area contributed by atoms with E-state index in [1.54, 1.807) is 32.0 Å². The quantitative estimate of drug-likeness (QED) is 0.434. The van der Waals surface area contributed by atoms with Gasteiger partial charge in [0.15, 0.2) is 0 Å². The van der Waals surface area contributed by atoms with Gasteiger partial charge in [-0.05, 0) is 49.6 Å². The second-order valence-corrected chi connectivity index (χ2v) is 9.40. The molecule has 0 radical (unpaired) electrons. The number of aliphatic hydroxyl groups excluding tert-OH is 1. The van der Waals surface area contributed by atoms with Gasteiger partial charge in [0.2, 0.25) is 0 Å². The molecule has 1 aliphatic rings. The lowest BCUT2D eigenvalue weighted by atomic mass is 9.94. The summed E-state index contributed by atoms with van der Waals surface area (Å²) in [6, 6.07) is 21.0. The van der Waals surface area contributed by atoms with E-state index in [0.717, 1.165) is 16.7 Å². The van der Waals surface area contributed by atoms with Gasteiger partial charge < -0.3 is 19.9 Å². The fourth-order valence-electron chi connectivity index (χ4n) is 4.75. The molecule has 4 rings (SSSR count). The van der Waals surface area contributed by atoms with Crippen LogP contribution in [-0.4, -0.2) is 35.7 Å². The van der Waals surface area contributed by atoms with Gasteiger partial charge in [0.25, 0.3) is 5.91 Å². The average Bonchev–Trinajstić information content (AvgIpc) is 3.23. The molecular formula is C30H33NO5. The zero-order chi connectivity index (χ0) is 25.7. The zero-order valence-electron chi connectivity index (χ0n) is 21.0. The number of hydrogen-bond acceptors (Lipinski definition) is 5. The lowest BCUT2D eigenvalue weighted by molar-refractivity contribution is -0.150. The highest BCUT2D eigenvalue weighted by atomic mass is 16.5. The number of carbonyl (C=O) groups excluding carboxylic acids is 2. The van der Waals surface area contributed by atoms with Crippen molar-refractivity contribution >= 4 is 11.9 Å². The van der Waals surface area contributed by atoms with Crippen LogP contribution in [0.5, 0.6) is 5.75 Å². The maximum absolute atomic E-state index is 13.4. The molecule has 1 amide bonds. The molecular weight excluding hydrogens is 454 g/mol. The number of hydrogen-bond donors (Lipinski definition) is 2. The second-order valence-electron chi connectivity index (χ2n) is 9.40. The fraction of sp³-hybridized carbons (Fsp3) is 0.333.